The predicted molar refractivity (Wildman–Crippen MR) is 53.7 cm³/mol. The lowest BCUT2D eigenvalue weighted by molar-refractivity contribution is 0.144. The van der Waals surface area contributed by atoms with Crippen molar-refractivity contribution >= 4 is 0 Å². The summed E-state index contributed by atoms with van der Waals surface area (Å²) in [6.45, 7) is 4.05. The Hall–Kier alpha value is -0.0800. The van der Waals surface area contributed by atoms with Crippen LogP contribution in [0.25, 0.3) is 0 Å². The summed E-state index contributed by atoms with van der Waals surface area (Å²) in [5.74, 6) is 0.989. The van der Waals surface area contributed by atoms with Crippen LogP contribution in [0.15, 0.2) is 0 Å². The van der Waals surface area contributed by atoms with Crippen molar-refractivity contribution in [1.82, 2.24) is 10.2 Å². The molecule has 3 aliphatic rings. The summed E-state index contributed by atoms with van der Waals surface area (Å²) in [6.07, 6.45) is 7.27. The van der Waals surface area contributed by atoms with Crippen LogP contribution in [0.2, 0.25) is 0 Å². The fourth-order valence-corrected chi connectivity index (χ4v) is 3.58. The molecule has 2 bridgehead atoms. The van der Waals surface area contributed by atoms with Crippen LogP contribution in [0.3, 0.4) is 0 Å². The van der Waals surface area contributed by atoms with Crippen molar-refractivity contribution in [3.8, 4) is 0 Å². The Morgan fingerprint density at radius 3 is 2.38 bits per heavy atom. The van der Waals surface area contributed by atoms with E-state index in [1.807, 2.05) is 0 Å². The zero-order chi connectivity index (χ0) is 8.67. The number of piperidine rings is 2. The zero-order valence-corrected chi connectivity index (χ0v) is 8.34. The van der Waals surface area contributed by atoms with Crippen molar-refractivity contribution in [2.75, 3.05) is 19.6 Å². The molecule has 1 aliphatic carbocycles. The molecule has 1 N–H and O–H groups in total. The lowest BCUT2D eigenvalue weighted by atomic mass is 10.0. The highest BCUT2D eigenvalue weighted by molar-refractivity contribution is 5.03. The molecule has 2 heteroatoms. The van der Waals surface area contributed by atoms with Gasteiger partial charge in [0.1, 0.15) is 0 Å². The largest absolute Gasteiger partial charge is 0.312 e. The molecule has 0 amide bonds. The van der Waals surface area contributed by atoms with Crippen LogP contribution in [0.4, 0.5) is 0 Å². The van der Waals surface area contributed by atoms with Gasteiger partial charge in [0, 0.05) is 12.1 Å². The Morgan fingerprint density at radius 2 is 1.85 bits per heavy atom. The maximum absolute atomic E-state index is 3.66. The Morgan fingerprint density at radius 1 is 1.00 bits per heavy atom. The van der Waals surface area contributed by atoms with Crippen LogP contribution in [-0.4, -0.2) is 36.6 Å². The first kappa shape index (κ1) is 8.25. The lowest BCUT2D eigenvalue weighted by Gasteiger charge is -2.34. The first-order valence-electron chi connectivity index (χ1n) is 5.92. The third-order valence-electron chi connectivity index (χ3n) is 4.20. The average molecular weight is 180 g/mol. The second-order valence-corrected chi connectivity index (χ2v) is 4.94. The zero-order valence-electron chi connectivity index (χ0n) is 8.34. The molecular formula is C11H20N2. The van der Waals surface area contributed by atoms with Gasteiger partial charge in [0.15, 0.2) is 0 Å². The maximum Gasteiger partial charge on any atom is 0.0289 e. The highest BCUT2D eigenvalue weighted by Crippen LogP contribution is 2.36. The van der Waals surface area contributed by atoms with E-state index in [9.17, 15) is 0 Å². The molecule has 1 saturated carbocycles. The van der Waals surface area contributed by atoms with E-state index in [4.69, 9.17) is 0 Å². The summed E-state index contributed by atoms with van der Waals surface area (Å²) >= 11 is 0. The molecule has 3 rings (SSSR count). The summed E-state index contributed by atoms with van der Waals surface area (Å²) in [5, 5.41) is 3.66. The number of likely N-dealkylation sites (tertiary alicyclic amines) is 1. The molecule has 3 atom stereocenters. The number of fused-ring (bicyclic) bond motifs is 2. The highest BCUT2D eigenvalue weighted by atomic mass is 15.2. The van der Waals surface area contributed by atoms with E-state index in [0.29, 0.717) is 0 Å². The number of nitrogens with zero attached hydrogens (tertiary/aromatic N) is 1. The quantitative estimate of drug-likeness (QED) is 0.653. The summed E-state index contributed by atoms with van der Waals surface area (Å²) in [5.41, 5.74) is 0. The smallest absolute Gasteiger partial charge is 0.0289 e. The second kappa shape index (κ2) is 3.25. The third-order valence-corrected chi connectivity index (χ3v) is 4.20. The standard InChI is InChI=1S/C11H20N2/c1-2-6-13(7-3-1)11-9-4-5-10(11)12-8-9/h9-12H,1-8H2/t9-,10+,11+/m0/s1. The van der Waals surface area contributed by atoms with Gasteiger partial charge in [0.05, 0.1) is 0 Å². The Labute approximate surface area is 80.7 Å². The van der Waals surface area contributed by atoms with Crippen molar-refractivity contribution in [3.63, 3.8) is 0 Å². The molecule has 74 valence electrons. The maximum atomic E-state index is 3.66. The van der Waals surface area contributed by atoms with Gasteiger partial charge in [-0.2, -0.15) is 0 Å². The fourth-order valence-electron chi connectivity index (χ4n) is 3.58. The van der Waals surface area contributed by atoms with E-state index in [-0.39, 0.29) is 0 Å². The van der Waals surface area contributed by atoms with Crippen LogP contribution in [0.1, 0.15) is 32.1 Å². The van der Waals surface area contributed by atoms with Crippen LogP contribution in [0, 0.1) is 5.92 Å². The van der Waals surface area contributed by atoms with Crippen molar-refractivity contribution in [3.05, 3.63) is 0 Å². The second-order valence-electron chi connectivity index (χ2n) is 4.94. The van der Waals surface area contributed by atoms with Crippen LogP contribution >= 0.6 is 0 Å². The average Bonchev–Trinajstić information content (AvgIpc) is 2.78. The SMILES string of the molecule is C1CCN([C@@H]2[C@H]3CC[C@H]2NC3)CC1. The Bertz CT molecular complexity index is 167. The van der Waals surface area contributed by atoms with Gasteiger partial charge in [0.2, 0.25) is 0 Å². The van der Waals surface area contributed by atoms with Crippen LogP contribution in [0.5, 0.6) is 0 Å². The van der Waals surface area contributed by atoms with E-state index in [1.165, 1.54) is 51.7 Å². The normalized spacial score (nSPS) is 45.7. The minimum absolute atomic E-state index is 0.850. The van der Waals surface area contributed by atoms with Gasteiger partial charge in [0.25, 0.3) is 0 Å². The van der Waals surface area contributed by atoms with E-state index < -0.39 is 0 Å². The monoisotopic (exact) mass is 180 g/mol. The van der Waals surface area contributed by atoms with Gasteiger partial charge in [-0.15, -0.1) is 0 Å². The third kappa shape index (κ3) is 1.31. The fraction of sp³-hybridized carbons (Fsp3) is 1.00. The Kier molecular flexibility index (Phi) is 2.06. The van der Waals surface area contributed by atoms with E-state index in [2.05, 4.69) is 10.2 Å². The van der Waals surface area contributed by atoms with Gasteiger partial charge in [-0.1, -0.05) is 6.42 Å². The molecule has 0 unspecified atom stereocenters. The molecule has 3 fully saturated rings. The molecular weight excluding hydrogens is 160 g/mol. The molecule has 0 spiro atoms. The van der Waals surface area contributed by atoms with Crippen molar-refractivity contribution in [2.24, 2.45) is 5.92 Å². The minimum Gasteiger partial charge on any atom is -0.312 e. The van der Waals surface area contributed by atoms with E-state index in [1.54, 1.807) is 0 Å². The van der Waals surface area contributed by atoms with E-state index >= 15 is 0 Å². The summed E-state index contributed by atoms with van der Waals surface area (Å²) in [6, 6.07) is 1.77. The number of rotatable bonds is 1. The minimum atomic E-state index is 0.850. The molecule has 2 saturated heterocycles. The molecule has 2 heterocycles. The number of hydrogen-bond acceptors (Lipinski definition) is 2. The van der Waals surface area contributed by atoms with Gasteiger partial charge < -0.3 is 5.32 Å². The summed E-state index contributed by atoms with van der Waals surface area (Å²) in [7, 11) is 0. The Balaban J connectivity index is 1.70. The molecule has 13 heavy (non-hydrogen) atoms. The van der Waals surface area contributed by atoms with Crippen molar-refractivity contribution in [2.45, 2.75) is 44.2 Å². The lowest BCUT2D eigenvalue weighted by Crippen LogP contribution is -2.45. The van der Waals surface area contributed by atoms with Gasteiger partial charge in [-0.25, -0.2) is 0 Å². The first-order chi connectivity index (χ1) is 6.45. The van der Waals surface area contributed by atoms with Crippen molar-refractivity contribution < 1.29 is 0 Å². The topological polar surface area (TPSA) is 15.3 Å². The number of nitrogens with one attached hydrogen (secondary N) is 1. The highest BCUT2D eigenvalue weighted by Gasteiger charge is 2.44. The van der Waals surface area contributed by atoms with Crippen LogP contribution < -0.4 is 5.32 Å². The molecule has 0 radical (unpaired) electrons. The molecule has 0 aromatic carbocycles. The number of hydrogen-bond donors (Lipinski definition) is 1. The van der Waals surface area contributed by atoms with Crippen LogP contribution in [-0.2, 0) is 0 Å². The van der Waals surface area contributed by atoms with E-state index in [0.717, 1.165) is 18.0 Å². The molecule has 2 nitrogen and oxygen atoms in total. The van der Waals surface area contributed by atoms with Gasteiger partial charge in [-0.3, -0.25) is 4.90 Å². The summed E-state index contributed by atoms with van der Waals surface area (Å²) in [4.78, 5) is 2.77. The molecule has 0 aromatic rings. The van der Waals surface area contributed by atoms with Crippen molar-refractivity contribution in [1.29, 1.82) is 0 Å². The summed E-state index contributed by atoms with van der Waals surface area (Å²) < 4.78 is 0. The molecule has 0 aromatic heterocycles. The first-order valence-corrected chi connectivity index (χ1v) is 5.92. The van der Waals surface area contributed by atoms with Gasteiger partial charge >= 0.3 is 0 Å². The van der Waals surface area contributed by atoms with Gasteiger partial charge in [-0.05, 0) is 51.2 Å². The molecule has 2 aliphatic heterocycles. The predicted octanol–water partition coefficient (Wildman–Crippen LogP) is 1.22.